The topological polar surface area (TPSA) is 23.5 Å². The quantitative estimate of drug-likeness (QED) is 0.735. The highest BCUT2D eigenvalue weighted by Crippen LogP contribution is 2.33. The van der Waals surface area contributed by atoms with E-state index < -0.39 is 0 Å². The predicted molar refractivity (Wildman–Crippen MR) is 59.3 cm³/mol. The smallest absolute Gasteiger partial charge is 0.0347 e. The first-order valence-corrected chi connectivity index (χ1v) is 4.98. The highest BCUT2D eigenvalue weighted by atomic mass is 16.2. The number of hydrogen-bond acceptors (Lipinski definition) is 2. The molecule has 1 N–H and O–H groups in total. The summed E-state index contributed by atoms with van der Waals surface area (Å²) in [6.07, 6.45) is 2.53. The molecule has 2 nitrogen and oxygen atoms in total. The molecule has 1 aromatic rings. The van der Waals surface area contributed by atoms with E-state index in [1.165, 1.54) is 24.0 Å². The van der Waals surface area contributed by atoms with Crippen molar-refractivity contribution in [3.8, 4) is 0 Å². The zero-order chi connectivity index (χ0) is 10.6. The van der Waals surface area contributed by atoms with E-state index in [-0.39, 0.29) is 0 Å². The van der Waals surface area contributed by atoms with Crippen molar-refractivity contribution in [1.82, 2.24) is 4.90 Å². The second-order valence-electron chi connectivity index (χ2n) is 3.72. The van der Waals surface area contributed by atoms with E-state index in [4.69, 9.17) is 5.11 Å². The van der Waals surface area contributed by atoms with Crippen molar-refractivity contribution >= 4 is 0 Å². The van der Waals surface area contributed by atoms with Crippen LogP contribution in [0.3, 0.4) is 0 Å². The van der Waals surface area contributed by atoms with Gasteiger partial charge in [-0.15, -0.1) is 0 Å². The summed E-state index contributed by atoms with van der Waals surface area (Å²) in [4.78, 5) is 2.31. The van der Waals surface area contributed by atoms with Gasteiger partial charge in [-0.2, -0.15) is 0 Å². The van der Waals surface area contributed by atoms with Gasteiger partial charge in [-0.1, -0.05) is 24.3 Å². The number of aliphatic hydroxyl groups excluding tert-OH is 1. The molecule has 1 atom stereocenters. The van der Waals surface area contributed by atoms with Crippen LogP contribution in [0, 0.1) is 0 Å². The minimum Gasteiger partial charge on any atom is -0.400 e. The van der Waals surface area contributed by atoms with Crippen LogP contribution in [0.5, 0.6) is 0 Å². The number of aryl methyl sites for hydroxylation is 1. The third-order valence-electron chi connectivity index (χ3n) is 2.72. The third kappa shape index (κ3) is 2.14. The molecule has 0 bridgehead atoms. The van der Waals surface area contributed by atoms with Crippen LogP contribution in [0.15, 0.2) is 24.3 Å². The SMILES string of the molecule is CN(C)C1CCc2ccccc21.CO. The maximum Gasteiger partial charge on any atom is 0.0347 e. The molecule has 0 saturated heterocycles. The zero-order valence-corrected chi connectivity index (χ0v) is 9.20. The molecule has 0 radical (unpaired) electrons. The molecule has 1 aliphatic carbocycles. The van der Waals surface area contributed by atoms with E-state index in [1.54, 1.807) is 0 Å². The molecule has 1 unspecified atom stereocenters. The Labute approximate surface area is 86.2 Å². The van der Waals surface area contributed by atoms with Gasteiger partial charge in [0.2, 0.25) is 0 Å². The molecule has 1 aromatic carbocycles. The normalized spacial score (nSPS) is 18.8. The van der Waals surface area contributed by atoms with Gasteiger partial charge < -0.3 is 10.0 Å². The van der Waals surface area contributed by atoms with Crippen LogP contribution in [0.4, 0.5) is 0 Å². The van der Waals surface area contributed by atoms with Crippen molar-refractivity contribution in [3.63, 3.8) is 0 Å². The fourth-order valence-corrected chi connectivity index (χ4v) is 2.07. The maximum atomic E-state index is 7.00. The average Bonchev–Trinajstić information content (AvgIpc) is 2.64. The van der Waals surface area contributed by atoms with Crippen molar-refractivity contribution < 1.29 is 5.11 Å². The van der Waals surface area contributed by atoms with E-state index in [2.05, 4.69) is 43.3 Å². The maximum absolute atomic E-state index is 7.00. The molecular formula is C12H19NO. The molecule has 0 saturated carbocycles. The van der Waals surface area contributed by atoms with Gasteiger partial charge in [-0.05, 0) is 38.1 Å². The molecule has 14 heavy (non-hydrogen) atoms. The number of hydrogen-bond donors (Lipinski definition) is 1. The van der Waals surface area contributed by atoms with Gasteiger partial charge in [0.1, 0.15) is 0 Å². The standard InChI is InChI=1S/C11H15N.CH4O/c1-12(2)11-8-7-9-5-3-4-6-10(9)11;1-2/h3-6,11H,7-8H2,1-2H3;2H,1H3. The van der Waals surface area contributed by atoms with Crippen molar-refractivity contribution in [3.05, 3.63) is 35.4 Å². The summed E-state index contributed by atoms with van der Waals surface area (Å²) in [7, 11) is 5.32. The van der Waals surface area contributed by atoms with Gasteiger partial charge >= 0.3 is 0 Å². The van der Waals surface area contributed by atoms with E-state index in [0.717, 1.165) is 7.11 Å². The molecule has 78 valence electrons. The monoisotopic (exact) mass is 193 g/mol. The lowest BCUT2D eigenvalue weighted by Gasteiger charge is -2.19. The number of rotatable bonds is 1. The first kappa shape index (κ1) is 11.2. The lowest BCUT2D eigenvalue weighted by atomic mass is 10.1. The predicted octanol–water partition coefficient (Wildman–Crippen LogP) is 1.84. The Kier molecular flexibility index (Phi) is 4.11. The summed E-state index contributed by atoms with van der Waals surface area (Å²) < 4.78 is 0. The minimum absolute atomic E-state index is 0.654. The van der Waals surface area contributed by atoms with Gasteiger partial charge in [0.15, 0.2) is 0 Å². The lowest BCUT2D eigenvalue weighted by molar-refractivity contribution is 0.299. The van der Waals surface area contributed by atoms with Crippen molar-refractivity contribution in [2.75, 3.05) is 21.2 Å². The summed E-state index contributed by atoms with van der Waals surface area (Å²) in [5.74, 6) is 0. The fraction of sp³-hybridized carbons (Fsp3) is 0.500. The summed E-state index contributed by atoms with van der Waals surface area (Å²) in [5, 5.41) is 7.00. The molecule has 0 amide bonds. The third-order valence-corrected chi connectivity index (χ3v) is 2.72. The number of benzene rings is 1. The highest BCUT2D eigenvalue weighted by molar-refractivity contribution is 5.34. The summed E-state index contributed by atoms with van der Waals surface area (Å²) >= 11 is 0. The summed E-state index contributed by atoms with van der Waals surface area (Å²) in [6, 6.07) is 9.44. The van der Waals surface area contributed by atoms with E-state index in [1.807, 2.05) is 0 Å². The van der Waals surface area contributed by atoms with Gasteiger partial charge in [-0.25, -0.2) is 0 Å². The second-order valence-corrected chi connectivity index (χ2v) is 3.72. The van der Waals surface area contributed by atoms with Crippen molar-refractivity contribution in [2.24, 2.45) is 0 Å². The Morgan fingerprint density at radius 3 is 2.50 bits per heavy atom. The van der Waals surface area contributed by atoms with Crippen LogP contribution in [-0.4, -0.2) is 31.2 Å². The summed E-state index contributed by atoms with van der Waals surface area (Å²) in [6.45, 7) is 0. The van der Waals surface area contributed by atoms with Crippen LogP contribution >= 0.6 is 0 Å². The Hall–Kier alpha value is -0.860. The van der Waals surface area contributed by atoms with Crippen LogP contribution in [0.1, 0.15) is 23.6 Å². The number of nitrogens with zero attached hydrogens (tertiary/aromatic N) is 1. The fourth-order valence-electron chi connectivity index (χ4n) is 2.07. The van der Waals surface area contributed by atoms with Crippen LogP contribution in [0.25, 0.3) is 0 Å². The van der Waals surface area contributed by atoms with Gasteiger partial charge in [0.05, 0.1) is 0 Å². The zero-order valence-electron chi connectivity index (χ0n) is 9.20. The molecular weight excluding hydrogens is 174 g/mol. The first-order valence-electron chi connectivity index (χ1n) is 4.98. The minimum atomic E-state index is 0.654. The Morgan fingerprint density at radius 1 is 1.21 bits per heavy atom. The molecule has 1 aliphatic rings. The van der Waals surface area contributed by atoms with E-state index in [9.17, 15) is 0 Å². The van der Waals surface area contributed by atoms with Crippen LogP contribution in [0.2, 0.25) is 0 Å². The second kappa shape index (κ2) is 5.13. The molecule has 0 heterocycles. The first-order chi connectivity index (χ1) is 6.79. The highest BCUT2D eigenvalue weighted by Gasteiger charge is 2.22. The van der Waals surface area contributed by atoms with Crippen LogP contribution < -0.4 is 0 Å². The van der Waals surface area contributed by atoms with Gasteiger partial charge in [-0.3, -0.25) is 0 Å². The van der Waals surface area contributed by atoms with E-state index in [0.29, 0.717) is 6.04 Å². The molecule has 2 rings (SSSR count). The molecule has 0 spiro atoms. The Balaban J connectivity index is 0.000000461. The number of aliphatic hydroxyl groups is 1. The largest absolute Gasteiger partial charge is 0.400 e. The van der Waals surface area contributed by atoms with Crippen molar-refractivity contribution in [2.45, 2.75) is 18.9 Å². The van der Waals surface area contributed by atoms with Gasteiger partial charge in [0.25, 0.3) is 0 Å². The van der Waals surface area contributed by atoms with Crippen LogP contribution in [-0.2, 0) is 6.42 Å². The molecule has 0 aliphatic heterocycles. The average molecular weight is 193 g/mol. The lowest BCUT2D eigenvalue weighted by Crippen LogP contribution is -2.17. The van der Waals surface area contributed by atoms with Gasteiger partial charge in [0, 0.05) is 13.2 Å². The van der Waals surface area contributed by atoms with Crippen molar-refractivity contribution in [1.29, 1.82) is 0 Å². The van der Waals surface area contributed by atoms with E-state index >= 15 is 0 Å². The molecule has 2 heteroatoms. The molecule has 0 aromatic heterocycles. The number of fused-ring (bicyclic) bond motifs is 1. The summed E-state index contributed by atoms with van der Waals surface area (Å²) in [5.41, 5.74) is 3.07. The molecule has 0 fully saturated rings. The Bertz CT molecular complexity index is 283. The Morgan fingerprint density at radius 2 is 1.86 bits per heavy atom.